The summed E-state index contributed by atoms with van der Waals surface area (Å²) >= 11 is 15.0. The molecule has 134 valence electrons. The van der Waals surface area contributed by atoms with Gasteiger partial charge in [-0.05, 0) is 42.3 Å². The number of benzene rings is 2. The summed E-state index contributed by atoms with van der Waals surface area (Å²) in [5, 5.41) is 8.20. The Balaban J connectivity index is 2.31. The van der Waals surface area contributed by atoms with Gasteiger partial charge in [-0.1, -0.05) is 39.1 Å². The van der Waals surface area contributed by atoms with E-state index in [1.165, 1.54) is 0 Å². The Morgan fingerprint density at radius 2 is 1.76 bits per heavy atom. The van der Waals surface area contributed by atoms with Gasteiger partial charge in [-0.25, -0.2) is 0 Å². The summed E-state index contributed by atoms with van der Waals surface area (Å²) in [6, 6.07) is 6.22. The third-order valence-electron chi connectivity index (χ3n) is 3.17. The maximum atomic E-state index is 12.7. The summed E-state index contributed by atoms with van der Waals surface area (Å²) in [6.07, 6.45) is -4.40. The van der Waals surface area contributed by atoms with Crippen molar-refractivity contribution in [1.82, 2.24) is 0 Å². The summed E-state index contributed by atoms with van der Waals surface area (Å²) in [6.45, 7) is 0. The number of aliphatic carboxylic acids is 1. The van der Waals surface area contributed by atoms with E-state index in [2.05, 4.69) is 15.9 Å². The standard InChI is InChI=1S/C16H10BrCl2F3O3/c17-11-3-2-10(5-8(11)1-4-14(23)24)25-15-12(18)6-9(7-13(15)19)16(20,21)22/h2-3,5-7H,1,4H2,(H,23,24). The summed E-state index contributed by atoms with van der Waals surface area (Å²) in [4.78, 5) is 10.7. The summed E-state index contributed by atoms with van der Waals surface area (Å²) < 4.78 is 44.4. The Hall–Kier alpha value is -1.44. The van der Waals surface area contributed by atoms with E-state index in [1.54, 1.807) is 18.2 Å². The van der Waals surface area contributed by atoms with Crippen molar-refractivity contribution in [3.05, 3.63) is 56.0 Å². The molecule has 0 unspecified atom stereocenters. The molecule has 25 heavy (non-hydrogen) atoms. The maximum Gasteiger partial charge on any atom is 0.416 e. The van der Waals surface area contributed by atoms with Gasteiger partial charge in [0.15, 0.2) is 5.75 Å². The molecule has 0 aliphatic heterocycles. The topological polar surface area (TPSA) is 46.5 Å². The van der Waals surface area contributed by atoms with Gasteiger partial charge in [0.25, 0.3) is 0 Å². The number of carboxylic acid groups (broad SMARTS) is 1. The lowest BCUT2D eigenvalue weighted by Crippen LogP contribution is -2.05. The molecule has 0 saturated heterocycles. The first-order valence-electron chi connectivity index (χ1n) is 6.82. The van der Waals surface area contributed by atoms with Crippen LogP contribution in [-0.4, -0.2) is 11.1 Å². The molecule has 0 aliphatic rings. The second-order valence-corrected chi connectivity index (χ2v) is 6.68. The quantitative estimate of drug-likeness (QED) is 0.551. The highest BCUT2D eigenvalue weighted by Crippen LogP contribution is 2.42. The van der Waals surface area contributed by atoms with Crippen molar-refractivity contribution >= 4 is 45.1 Å². The van der Waals surface area contributed by atoms with Gasteiger partial charge in [0, 0.05) is 10.9 Å². The van der Waals surface area contributed by atoms with Crippen molar-refractivity contribution in [2.75, 3.05) is 0 Å². The molecule has 1 N–H and O–H groups in total. The van der Waals surface area contributed by atoms with E-state index < -0.39 is 17.7 Å². The van der Waals surface area contributed by atoms with Gasteiger partial charge in [0.1, 0.15) is 5.75 Å². The van der Waals surface area contributed by atoms with E-state index in [4.69, 9.17) is 33.0 Å². The van der Waals surface area contributed by atoms with Crippen LogP contribution >= 0.6 is 39.1 Å². The van der Waals surface area contributed by atoms with E-state index in [9.17, 15) is 18.0 Å². The predicted octanol–water partition coefficient (Wildman–Crippen LogP) is 6.58. The Kier molecular flexibility index (Phi) is 6.24. The molecule has 3 nitrogen and oxygen atoms in total. The number of alkyl halides is 3. The molecule has 0 amide bonds. The van der Waals surface area contributed by atoms with Crippen molar-refractivity contribution in [3.63, 3.8) is 0 Å². The number of carboxylic acids is 1. The van der Waals surface area contributed by atoms with Gasteiger partial charge in [-0.2, -0.15) is 13.2 Å². The molecule has 2 aromatic rings. The van der Waals surface area contributed by atoms with Crippen LogP contribution in [0.5, 0.6) is 11.5 Å². The maximum absolute atomic E-state index is 12.7. The summed E-state index contributed by atoms with van der Waals surface area (Å²) in [7, 11) is 0. The second kappa shape index (κ2) is 7.85. The zero-order valence-corrected chi connectivity index (χ0v) is 15.4. The fraction of sp³-hybridized carbons (Fsp3) is 0.188. The summed E-state index contributed by atoms with van der Waals surface area (Å²) in [5.41, 5.74) is -0.313. The van der Waals surface area contributed by atoms with Crippen LogP contribution in [0.2, 0.25) is 10.0 Å². The number of carbonyl (C=O) groups is 1. The summed E-state index contributed by atoms with van der Waals surface area (Å²) in [5.74, 6) is -0.790. The molecule has 2 rings (SSSR count). The van der Waals surface area contributed by atoms with E-state index in [-0.39, 0.29) is 34.4 Å². The average molecular weight is 458 g/mol. The van der Waals surface area contributed by atoms with Crippen molar-refractivity contribution in [3.8, 4) is 11.5 Å². The van der Waals surface area contributed by atoms with Gasteiger partial charge < -0.3 is 9.84 Å². The van der Waals surface area contributed by atoms with E-state index in [1.807, 2.05) is 0 Å². The molecular weight excluding hydrogens is 448 g/mol. The molecule has 0 aromatic heterocycles. The fourth-order valence-electron chi connectivity index (χ4n) is 1.99. The lowest BCUT2D eigenvalue weighted by atomic mass is 10.1. The molecule has 0 atom stereocenters. The molecule has 0 saturated carbocycles. The first kappa shape index (κ1) is 19.9. The molecule has 0 bridgehead atoms. The fourth-order valence-corrected chi connectivity index (χ4v) is 3.00. The molecule has 9 heteroatoms. The lowest BCUT2D eigenvalue weighted by Gasteiger charge is -2.14. The minimum atomic E-state index is -4.58. The van der Waals surface area contributed by atoms with Crippen LogP contribution in [0, 0.1) is 0 Å². The zero-order valence-electron chi connectivity index (χ0n) is 12.3. The van der Waals surface area contributed by atoms with Crippen LogP contribution in [0.15, 0.2) is 34.8 Å². The Bertz CT molecular complexity index is 787. The van der Waals surface area contributed by atoms with Gasteiger partial charge in [0.2, 0.25) is 0 Å². The van der Waals surface area contributed by atoms with Crippen molar-refractivity contribution < 1.29 is 27.8 Å². The third kappa shape index (κ3) is 5.26. The molecule has 0 heterocycles. The van der Waals surface area contributed by atoms with Crippen molar-refractivity contribution in [2.24, 2.45) is 0 Å². The minimum Gasteiger partial charge on any atom is -0.481 e. The van der Waals surface area contributed by atoms with Gasteiger partial charge in [0.05, 0.1) is 15.6 Å². The van der Waals surface area contributed by atoms with E-state index in [0.717, 1.165) is 12.1 Å². The van der Waals surface area contributed by atoms with Crippen LogP contribution in [-0.2, 0) is 17.4 Å². The Labute approximate surface area is 159 Å². The minimum absolute atomic E-state index is 0.0795. The van der Waals surface area contributed by atoms with Gasteiger partial charge in [-0.3, -0.25) is 4.79 Å². The van der Waals surface area contributed by atoms with E-state index >= 15 is 0 Å². The number of aryl methyl sites for hydroxylation is 1. The zero-order chi connectivity index (χ0) is 18.8. The van der Waals surface area contributed by atoms with Crippen LogP contribution in [0.4, 0.5) is 13.2 Å². The molecule has 0 aliphatic carbocycles. The van der Waals surface area contributed by atoms with Crippen molar-refractivity contribution in [1.29, 1.82) is 0 Å². The molecule has 0 fully saturated rings. The average Bonchev–Trinajstić information content (AvgIpc) is 2.49. The number of hydrogen-bond acceptors (Lipinski definition) is 2. The van der Waals surface area contributed by atoms with Gasteiger partial charge >= 0.3 is 12.1 Å². The highest BCUT2D eigenvalue weighted by molar-refractivity contribution is 9.10. The SMILES string of the molecule is O=C(O)CCc1cc(Oc2c(Cl)cc(C(F)(F)F)cc2Cl)ccc1Br. The largest absolute Gasteiger partial charge is 0.481 e. The van der Waals surface area contributed by atoms with Crippen LogP contribution in [0.3, 0.4) is 0 Å². The molecular formula is C16H10BrCl2F3O3. The molecule has 0 spiro atoms. The smallest absolute Gasteiger partial charge is 0.416 e. The van der Waals surface area contributed by atoms with Crippen LogP contribution < -0.4 is 4.74 Å². The lowest BCUT2D eigenvalue weighted by molar-refractivity contribution is -0.138. The monoisotopic (exact) mass is 456 g/mol. The predicted molar refractivity (Wildman–Crippen MR) is 91.6 cm³/mol. The highest BCUT2D eigenvalue weighted by Gasteiger charge is 2.32. The van der Waals surface area contributed by atoms with Crippen LogP contribution in [0.1, 0.15) is 17.5 Å². The van der Waals surface area contributed by atoms with Gasteiger partial charge in [-0.15, -0.1) is 0 Å². The normalized spacial score (nSPS) is 11.4. The Morgan fingerprint density at radius 3 is 2.28 bits per heavy atom. The number of rotatable bonds is 5. The first-order valence-corrected chi connectivity index (χ1v) is 8.37. The van der Waals surface area contributed by atoms with Crippen molar-refractivity contribution in [2.45, 2.75) is 19.0 Å². The second-order valence-electron chi connectivity index (χ2n) is 5.02. The highest BCUT2D eigenvalue weighted by atomic mass is 79.9. The third-order valence-corrected chi connectivity index (χ3v) is 4.51. The van der Waals surface area contributed by atoms with E-state index in [0.29, 0.717) is 10.0 Å². The molecule has 0 radical (unpaired) electrons. The number of halogens is 6. The number of ether oxygens (including phenoxy) is 1. The number of hydrogen-bond donors (Lipinski definition) is 1. The Morgan fingerprint density at radius 1 is 1.16 bits per heavy atom. The first-order chi connectivity index (χ1) is 11.6. The molecule has 2 aromatic carbocycles. The van der Waals surface area contributed by atoms with Crippen LogP contribution in [0.25, 0.3) is 0 Å².